The molecule has 1 heterocycles. The number of carbonyl (C=O) groups excluding carboxylic acids is 4. The van der Waals surface area contributed by atoms with Crippen molar-refractivity contribution in [2.45, 2.75) is 51.4 Å². The molecule has 6 rings (SSSR count). The van der Waals surface area contributed by atoms with Crippen molar-refractivity contribution in [1.29, 1.82) is 0 Å². The van der Waals surface area contributed by atoms with Crippen LogP contribution in [0.4, 0.5) is 0 Å². The Morgan fingerprint density at radius 3 is 1.28 bits per heavy atom. The quantitative estimate of drug-likeness (QED) is 0.0962. The molecule has 1 aromatic heterocycles. The second-order valence-corrected chi connectivity index (χ2v) is 13.0. The molecular weight excluding hydrogens is 739 g/mol. The first-order valence-electron chi connectivity index (χ1n) is 16.3. The van der Waals surface area contributed by atoms with Crippen molar-refractivity contribution in [2.24, 2.45) is 23.7 Å². The van der Waals surface area contributed by atoms with Crippen LogP contribution in [0.15, 0.2) is 60.7 Å². The number of nitrogens with zero attached hydrogens (tertiary/aromatic N) is 1. The molecule has 0 atom stereocenters. The van der Waals surface area contributed by atoms with Gasteiger partial charge in [0.1, 0.15) is 23.0 Å². The van der Waals surface area contributed by atoms with Gasteiger partial charge in [-0.25, -0.2) is 0 Å². The van der Waals surface area contributed by atoms with Gasteiger partial charge in [0.25, 0.3) is 0 Å². The minimum absolute atomic E-state index is 0. The van der Waals surface area contributed by atoms with Gasteiger partial charge in [0.05, 0.1) is 49.4 Å². The number of carbonyl (C=O) groups is 4. The number of esters is 4. The summed E-state index contributed by atoms with van der Waals surface area (Å²) in [6.45, 7) is 0. The van der Waals surface area contributed by atoms with Crippen molar-refractivity contribution < 1.29 is 80.3 Å². The van der Waals surface area contributed by atoms with Crippen LogP contribution in [-0.4, -0.2) is 43.1 Å². The molecule has 0 unspecified atom stereocenters. The molecule has 2 aliphatic carbocycles. The number of thiazole rings is 1. The van der Waals surface area contributed by atoms with Gasteiger partial charge in [0, 0.05) is 32.7 Å². The molecule has 0 bridgehead atoms. The summed E-state index contributed by atoms with van der Waals surface area (Å²) in [5.74, 6) is 0.0523. The van der Waals surface area contributed by atoms with Crippen LogP contribution in [-0.2, 0) is 51.9 Å². The maximum atomic E-state index is 13.1. The van der Waals surface area contributed by atoms with E-state index in [0.717, 1.165) is 11.3 Å². The van der Waals surface area contributed by atoms with Crippen molar-refractivity contribution >= 4 is 45.4 Å². The van der Waals surface area contributed by atoms with Gasteiger partial charge in [-0.1, -0.05) is 4.70 Å². The molecule has 0 aliphatic heterocycles. The van der Waals surface area contributed by atoms with Crippen LogP contribution in [0.1, 0.15) is 51.4 Å². The fraction of sp³-hybridized carbons (Fsp3) is 0.378. The van der Waals surface area contributed by atoms with E-state index in [0.29, 0.717) is 90.3 Å². The van der Waals surface area contributed by atoms with Gasteiger partial charge in [0.15, 0.2) is 0 Å². The Labute approximate surface area is 318 Å². The second-order valence-electron chi connectivity index (χ2n) is 12.2. The van der Waals surface area contributed by atoms with E-state index in [1.54, 1.807) is 74.9 Å². The monoisotopic (exact) mass is 775 g/mol. The van der Waals surface area contributed by atoms with Gasteiger partial charge in [0.2, 0.25) is 0 Å². The van der Waals surface area contributed by atoms with E-state index in [4.69, 9.17) is 28.4 Å². The van der Waals surface area contributed by atoms with Gasteiger partial charge in [-0.2, -0.15) is 0 Å². The van der Waals surface area contributed by atoms with Crippen LogP contribution >= 0.6 is 11.3 Å². The molecule has 0 amide bonds. The van der Waals surface area contributed by atoms with E-state index >= 15 is 0 Å². The van der Waals surface area contributed by atoms with Gasteiger partial charge >= 0.3 is 23.9 Å². The molecule has 3 aromatic carbocycles. The van der Waals surface area contributed by atoms with Crippen LogP contribution < -0.4 is 28.4 Å². The molecule has 11 nitrogen and oxygen atoms in total. The molecule has 0 saturated heterocycles. The molecule has 2 fully saturated rings. The van der Waals surface area contributed by atoms with Crippen molar-refractivity contribution in [3.05, 3.63) is 66.2 Å². The third-order valence-electron chi connectivity index (χ3n) is 9.13. The number of aromatic nitrogens is 1. The SMILES string of the molecule is COc1ccc(OC(=O)C2CCC(C(=O)Oc3ccc(OC(=O)C4CCC(C(=O)Oc5ccc(OC)cc5)CC4)c4s[c-]nc34)CC2)cc1.[Y]. The maximum Gasteiger partial charge on any atom is 0.314 e. The maximum absolute atomic E-state index is 13.1. The predicted molar refractivity (Wildman–Crippen MR) is 178 cm³/mol. The van der Waals surface area contributed by atoms with Gasteiger partial charge in [-0.05, 0) is 123 Å². The summed E-state index contributed by atoms with van der Waals surface area (Å²) >= 11 is 1.16. The Bertz CT molecular complexity index is 1660. The Hall–Kier alpha value is -3.87. The number of rotatable bonds is 10. The minimum atomic E-state index is -0.400. The summed E-state index contributed by atoms with van der Waals surface area (Å²) < 4.78 is 33.4. The number of benzene rings is 3. The van der Waals surface area contributed by atoms with Gasteiger partial charge in [-0.3, -0.25) is 30.5 Å². The number of fused-ring (bicyclic) bond motifs is 1. The predicted octanol–water partition coefficient (Wildman–Crippen LogP) is 6.75. The smallest absolute Gasteiger partial charge is 0.314 e. The van der Waals surface area contributed by atoms with Crippen LogP contribution in [0.3, 0.4) is 0 Å². The van der Waals surface area contributed by atoms with Gasteiger partial charge < -0.3 is 33.4 Å². The van der Waals surface area contributed by atoms with Crippen LogP contribution in [0.5, 0.6) is 34.5 Å². The summed E-state index contributed by atoms with van der Waals surface area (Å²) in [7, 11) is 3.13. The molecule has 13 heteroatoms. The standard InChI is InChI=1S/C37H36NO10S.Y/c1-43-26-11-15-28(16-12-26)45-34(39)22-3-7-24(8-4-22)36(41)47-30-19-20-31(33-32(30)38-21-49-33)48-37(42)25-9-5-23(6-10-25)35(40)46-29-17-13-27(44-2)14-18-29;/h11-20,22-25H,3-10H2,1-2H3;/q-1;. The first-order chi connectivity index (χ1) is 23.8. The molecule has 2 saturated carbocycles. The third kappa shape index (κ3) is 9.07. The Morgan fingerprint density at radius 1 is 0.540 bits per heavy atom. The van der Waals surface area contributed by atoms with E-state index in [1.807, 2.05) is 0 Å². The van der Waals surface area contributed by atoms with Crippen molar-refractivity contribution in [3.8, 4) is 34.5 Å². The Morgan fingerprint density at radius 2 is 0.880 bits per heavy atom. The topological polar surface area (TPSA) is 137 Å². The molecule has 0 N–H and O–H groups in total. The average Bonchev–Trinajstić information content (AvgIpc) is 3.64. The molecule has 4 aromatic rings. The minimum Gasteiger partial charge on any atom is -0.497 e. The average molecular weight is 776 g/mol. The summed E-state index contributed by atoms with van der Waals surface area (Å²) in [6, 6.07) is 16.8. The first-order valence-corrected chi connectivity index (χ1v) is 17.1. The zero-order valence-electron chi connectivity index (χ0n) is 27.8. The van der Waals surface area contributed by atoms with Gasteiger partial charge in [-0.15, -0.1) is 0 Å². The van der Waals surface area contributed by atoms with Crippen molar-refractivity contribution in [2.75, 3.05) is 14.2 Å². The summed E-state index contributed by atoms with van der Waals surface area (Å²) in [4.78, 5) is 55.9. The van der Waals surface area contributed by atoms with Crippen LogP contribution in [0.25, 0.3) is 10.2 Å². The number of hydrogen-bond donors (Lipinski definition) is 0. The molecule has 2 aliphatic rings. The second kappa shape index (κ2) is 17.4. The zero-order chi connectivity index (χ0) is 34.3. The summed E-state index contributed by atoms with van der Waals surface area (Å²) in [6.07, 6.45) is 4.02. The van der Waals surface area contributed by atoms with E-state index in [-0.39, 0.29) is 80.0 Å². The number of ether oxygens (including phenoxy) is 6. The Kier molecular flexibility index (Phi) is 13.0. The normalized spacial score (nSPS) is 20.1. The number of hydrogen-bond acceptors (Lipinski definition) is 12. The zero-order valence-corrected chi connectivity index (χ0v) is 31.4. The van der Waals surface area contributed by atoms with Crippen molar-refractivity contribution in [3.63, 3.8) is 0 Å². The van der Waals surface area contributed by atoms with E-state index in [2.05, 4.69) is 10.5 Å². The third-order valence-corrected chi connectivity index (χ3v) is 9.91. The molecule has 259 valence electrons. The largest absolute Gasteiger partial charge is 0.497 e. The number of methoxy groups -OCH3 is 2. The van der Waals surface area contributed by atoms with Crippen LogP contribution in [0.2, 0.25) is 0 Å². The first kappa shape index (κ1) is 37.4. The molecule has 50 heavy (non-hydrogen) atoms. The molecular formula is C37H36NO10SY-. The summed E-state index contributed by atoms with van der Waals surface area (Å²) in [5.41, 5.74) is 3.19. The van der Waals surface area contributed by atoms with E-state index in [1.165, 1.54) is 0 Å². The Balaban J connectivity index is 0.00000486. The molecule has 1 radical (unpaired) electrons. The molecule has 0 spiro atoms. The summed E-state index contributed by atoms with van der Waals surface area (Å²) in [5, 5.41) is 0. The van der Waals surface area contributed by atoms with E-state index in [9.17, 15) is 19.2 Å². The fourth-order valence-electron chi connectivity index (χ4n) is 6.22. The van der Waals surface area contributed by atoms with Crippen molar-refractivity contribution in [1.82, 2.24) is 4.98 Å². The van der Waals surface area contributed by atoms with E-state index < -0.39 is 5.97 Å². The van der Waals surface area contributed by atoms with Crippen LogP contribution in [0, 0.1) is 29.2 Å². The fourth-order valence-corrected chi connectivity index (χ4v) is 6.90.